The molecule has 0 spiro atoms. The lowest BCUT2D eigenvalue weighted by Crippen LogP contribution is -2.36. The maximum absolute atomic E-state index is 10.9. The van der Waals surface area contributed by atoms with Crippen LogP contribution in [0.5, 0.6) is 0 Å². The molecule has 0 unspecified atom stereocenters. The number of amides is 2. The molecule has 6 heteroatoms. The standard InChI is InChI=1S/C7H10N4O2/c8-11-10-7(12)9-4-1-2-5-6(3-4)13-5/h4-6H,1-3H2,(H,9,12)/t4-,5+,6-/m0/s1. The summed E-state index contributed by atoms with van der Waals surface area (Å²) in [4.78, 5) is 13.3. The van der Waals surface area contributed by atoms with Crippen molar-refractivity contribution in [3.05, 3.63) is 10.4 Å². The molecule has 2 rings (SSSR count). The number of fused-ring (bicyclic) bond motifs is 1. The minimum atomic E-state index is -0.591. The Morgan fingerprint density at radius 3 is 3.08 bits per heavy atom. The van der Waals surface area contributed by atoms with E-state index in [1.165, 1.54) is 0 Å². The molecule has 3 atom stereocenters. The molecule has 1 N–H and O–H groups in total. The number of nitrogens with one attached hydrogen (secondary N) is 1. The van der Waals surface area contributed by atoms with E-state index < -0.39 is 6.03 Å². The fourth-order valence-corrected chi connectivity index (χ4v) is 1.78. The van der Waals surface area contributed by atoms with Gasteiger partial charge in [0.25, 0.3) is 0 Å². The number of epoxide rings is 1. The predicted octanol–water partition coefficient (Wildman–Crippen LogP) is 1.33. The largest absolute Gasteiger partial charge is 0.370 e. The van der Waals surface area contributed by atoms with Gasteiger partial charge in [0.2, 0.25) is 0 Å². The number of hydrogen-bond donors (Lipinski definition) is 1. The van der Waals surface area contributed by atoms with Gasteiger partial charge in [-0.25, -0.2) is 0 Å². The summed E-state index contributed by atoms with van der Waals surface area (Å²) in [5, 5.41) is 5.58. The van der Waals surface area contributed by atoms with Gasteiger partial charge in [0.15, 0.2) is 0 Å². The van der Waals surface area contributed by atoms with Crippen LogP contribution >= 0.6 is 0 Å². The normalized spacial score (nSPS) is 35.5. The van der Waals surface area contributed by atoms with Gasteiger partial charge in [-0.1, -0.05) is 0 Å². The molecule has 2 fully saturated rings. The second kappa shape index (κ2) is 3.24. The summed E-state index contributed by atoms with van der Waals surface area (Å²) in [6, 6.07) is -0.478. The quantitative estimate of drug-likeness (QED) is 0.287. The number of azide groups is 1. The third kappa shape index (κ3) is 1.91. The Kier molecular flexibility index (Phi) is 2.08. The highest BCUT2D eigenvalue weighted by Crippen LogP contribution is 2.36. The first-order valence-electron chi connectivity index (χ1n) is 4.30. The lowest BCUT2D eigenvalue weighted by atomic mass is 9.96. The highest BCUT2D eigenvalue weighted by molar-refractivity contribution is 5.75. The molecular weight excluding hydrogens is 172 g/mol. The smallest absolute Gasteiger partial charge is 0.308 e. The molecule has 0 aromatic carbocycles. The molecule has 1 aliphatic carbocycles. The van der Waals surface area contributed by atoms with Gasteiger partial charge in [-0.3, -0.25) is 4.79 Å². The Morgan fingerprint density at radius 2 is 2.38 bits per heavy atom. The van der Waals surface area contributed by atoms with Crippen molar-refractivity contribution < 1.29 is 9.53 Å². The number of ether oxygens (including phenoxy) is 1. The van der Waals surface area contributed by atoms with Crippen molar-refractivity contribution in [2.24, 2.45) is 5.11 Å². The van der Waals surface area contributed by atoms with E-state index in [9.17, 15) is 4.79 Å². The monoisotopic (exact) mass is 182 g/mol. The summed E-state index contributed by atoms with van der Waals surface area (Å²) < 4.78 is 5.29. The topological polar surface area (TPSA) is 90.4 Å². The average Bonchev–Trinajstić information content (AvgIpc) is 2.82. The van der Waals surface area contributed by atoms with Crippen molar-refractivity contribution in [3.8, 4) is 0 Å². The zero-order valence-electron chi connectivity index (χ0n) is 7.01. The van der Waals surface area contributed by atoms with Crippen molar-refractivity contribution in [1.29, 1.82) is 0 Å². The zero-order valence-corrected chi connectivity index (χ0v) is 7.01. The number of carbonyl (C=O) groups is 1. The van der Waals surface area contributed by atoms with Crippen molar-refractivity contribution in [3.63, 3.8) is 0 Å². The lowest BCUT2D eigenvalue weighted by molar-refractivity contribution is 0.242. The van der Waals surface area contributed by atoms with Gasteiger partial charge >= 0.3 is 6.03 Å². The van der Waals surface area contributed by atoms with Gasteiger partial charge in [0.1, 0.15) is 0 Å². The number of urea groups is 1. The van der Waals surface area contributed by atoms with Crippen LogP contribution in [-0.4, -0.2) is 24.3 Å². The van der Waals surface area contributed by atoms with Crippen molar-refractivity contribution in [2.45, 2.75) is 37.5 Å². The summed E-state index contributed by atoms with van der Waals surface area (Å²) in [6.07, 6.45) is 3.50. The Balaban J connectivity index is 1.80. The Bertz CT molecular complexity index is 274. The van der Waals surface area contributed by atoms with Crippen LogP contribution in [0.3, 0.4) is 0 Å². The Hall–Kier alpha value is -1.26. The second-order valence-corrected chi connectivity index (χ2v) is 3.36. The zero-order chi connectivity index (χ0) is 9.26. The van der Waals surface area contributed by atoms with E-state index in [2.05, 4.69) is 15.3 Å². The Morgan fingerprint density at radius 1 is 1.54 bits per heavy atom. The fraction of sp³-hybridized carbons (Fsp3) is 0.857. The van der Waals surface area contributed by atoms with Crippen LogP contribution in [0.25, 0.3) is 10.4 Å². The van der Waals surface area contributed by atoms with E-state index in [-0.39, 0.29) is 6.04 Å². The molecule has 1 heterocycles. The van der Waals surface area contributed by atoms with Crippen LogP contribution in [0.1, 0.15) is 19.3 Å². The van der Waals surface area contributed by atoms with E-state index in [0.717, 1.165) is 19.3 Å². The third-order valence-electron chi connectivity index (χ3n) is 2.47. The SMILES string of the molecule is [N-]=[N+]=NC(=O)N[C@H]1CC[C@H]2O[C@H]2C1. The number of rotatable bonds is 1. The van der Waals surface area contributed by atoms with Crippen molar-refractivity contribution >= 4 is 6.03 Å². The van der Waals surface area contributed by atoms with Gasteiger partial charge in [-0.2, -0.15) is 0 Å². The van der Waals surface area contributed by atoms with E-state index in [4.69, 9.17) is 10.3 Å². The van der Waals surface area contributed by atoms with Crippen LogP contribution in [-0.2, 0) is 4.74 Å². The molecular formula is C7H10N4O2. The molecule has 1 saturated heterocycles. The van der Waals surface area contributed by atoms with Crippen LogP contribution in [0.15, 0.2) is 5.11 Å². The molecule has 0 aromatic heterocycles. The summed E-state index contributed by atoms with van der Waals surface area (Å²) >= 11 is 0. The highest BCUT2D eigenvalue weighted by atomic mass is 16.6. The van der Waals surface area contributed by atoms with E-state index in [1.807, 2.05) is 0 Å². The summed E-state index contributed by atoms with van der Waals surface area (Å²) in [6.45, 7) is 0. The number of nitrogens with zero attached hydrogens (tertiary/aromatic N) is 3. The molecule has 70 valence electrons. The van der Waals surface area contributed by atoms with Crippen molar-refractivity contribution in [2.75, 3.05) is 0 Å². The summed E-state index contributed by atoms with van der Waals surface area (Å²) in [7, 11) is 0. The van der Waals surface area contributed by atoms with Crippen LogP contribution in [0.2, 0.25) is 0 Å². The van der Waals surface area contributed by atoms with Gasteiger partial charge in [-0.15, -0.1) is 0 Å². The van der Waals surface area contributed by atoms with E-state index >= 15 is 0 Å². The second-order valence-electron chi connectivity index (χ2n) is 3.36. The number of carbonyl (C=O) groups excluding carboxylic acids is 1. The molecule has 0 bridgehead atoms. The van der Waals surface area contributed by atoms with Gasteiger partial charge < -0.3 is 10.1 Å². The lowest BCUT2D eigenvalue weighted by Gasteiger charge is -2.18. The van der Waals surface area contributed by atoms with Crippen LogP contribution < -0.4 is 5.32 Å². The fourth-order valence-electron chi connectivity index (χ4n) is 1.78. The van der Waals surface area contributed by atoms with Crippen LogP contribution in [0, 0.1) is 0 Å². The maximum Gasteiger partial charge on any atom is 0.308 e. The first-order valence-corrected chi connectivity index (χ1v) is 4.30. The molecule has 2 amide bonds. The molecule has 0 radical (unpaired) electrons. The molecule has 1 saturated carbocycles. The molecule has 2 aliphatic rings. The molecule has 6 nitrogen and oxygen atoms in total. The molecule has 1 aliphatic heterocycles. The van der Waals surface area contributed by atoms with Gasteiger partial charge in [0.05, 0.1) is 12.2 Å². The van der Waals surface area contributed by atoms with E-state index in [0.29, 0.717) is 12.2 Å². The minimum absolute atomic E-state index is 0.113. The van der Waals surface area contributed by atoms with E-state index in [1.54, 1.807) is 0 Å². The Labute approximate surface area is 74.9 Å². The number of hydrogen-bond acceptors (Lipinski definition) is 2. The van der Waals surface area contributed by atoms with Gasteiger partial charge in [0, 0.05) is 16.1 Å². The maximum atomic E-state index is 10.9. The molecule has 13 heavy (non-hydrogen) atoms. The highest BCUT2D eigenvalue weighted by Gasteiger charge is 2.44. The average molecular weight is 182 g/mol. The first-order chi connectivity index (χ1) is 6.29. The third-order valence-corrected chi connectivity index (χ3v) is 2.47. The van der Waals surface area contributed by atoms with Crippen LogP contribution in [0.4, 0.5) is 4.79 Å². The predicted molar refractivity (Wildman–Crippen MR) is 44.0 cm³/mol. The molecule has 0 aromatic rings. The van der Waals surface area contributed by atoms with Crippen molar-refractivity contribution in [1.82, 2.24) is 5.32 Å². The first kappa shape index (κ1) is 8.34. The summed E-state index contributed by atoms with van der Waals surface area (Å²) in [5.41, 5.74) is 8.00. The summed E-state index contributed by atoms with van der Waals surface area (Å²) in [5.74, 6) is 0. The minimum Gasteiger partial charge on any atom is -0.370 e. The van der Waals surface area contributed by atoms with Gasteiger partial charge in [-0.05, 0) is 24.8 Å².